The number of ether oxygens (including phenoxy) is 2. The van der Waals surface area contributed by atoms with Crippen LogP contribution >= 0.6 is 0 Å². The van der Waals surface area contributed by atoms with Crippen LogP contribution in [0.15, 0.2) is 42.5 Å². The number of nitrogens with two attached hydrogens (primary N) is 1. The van der Waals surface area contributed by atoms with Gasteiger partial charge in [0.05, 0.1) is 12.8 Å². The molecular weight excluding hydrogens is 249 g/mol. The Morgan fingerprint density at radius 3 is 2.58 bits per heavy atom. The zero-order chi connectivity index (χ0) is 13.8. The van der Waals surface area contributed by atoms with Gasteiger partial charge in [0.25, 0.3) is 0 Å². The first-order chi connectivity index (χ1) is 9.13. The molecule has 0 aliphatic carbocycles. The van der Waals surface area contributed by atoms with Crippen molar-refractivity contribution >= 4 is 11.7 Å². The number of hydrogen-bond acceptors (Lipinski definition) is 4. The van der Waals surface area contributed by atoms with Gasteiger partial charge in [0, 0.05) is 0 Å². The number of carbonyl (C=O) groups excluding carboxylic acids is 1. The predicted molar refractivity (Wildman–Crippen MR) is 68.7 cm³/mol. The Labute approximate surface area is 109 Å². The monoisotopic (exact) mass is 261 g/mol. The number of hydrogen-bond donors (Lipinski definition) is 1. The largest absolute Gasteiger partial charge is 0.465 e. The molecule has 0 radical (unpaired) electrons. The first-order valence-electron chi connectivity index (χ1n) is 5.52. The van der Waals surface area contributed by atoms with Crippen LogP contribution in [0.3, 0.4) is 0 Å². The van der Waals surface area contributed by atoms with Gasteiger partial charge >= 0.3 is 5.97 Å². The molecule has 0 spiro atoms. The highest BCUT2D eigenvalue weighted by molar-refractivity contribution is 5.94. The maximum Gasteiger partial charge on any atom is 0.341 e. The second-order valence-electron chi connectivity index (χ2n) is 3.75. The number of nitrogen functional groups attached to an aromatic ring is 1. The number of para-hydroxylation sites is 2. The highest BCUT2D eigenvalue weighted by Gasteiger charge is 2.17. The number of anilines is 1. The Bertz CT molecular complexity index is 613. The van der Waals surface area contributed by atoms with Crippen LogP contribution in [-0.2, 0) is 4.74 Å². The van der Waals surface area contributed by atoms with Crippen LogP contribution in [0.25, 0.3) is 0 Å². The highest BCUT2D eigenvalue weighted by Crippen LogP contribution is 2.32. The standard InChI is InChI=1S/C14H12FNO3/c1-18-14(17)9-5-4-7-11(16)13(9)19-12-8-3-2-6-10(12)15/h2-8H,16H2,1H3. The zero-order valence-electron chi connectivity index (χ0n) is 10.2. The molecule has 0 unspecified atom stereocenters. The van der Waals surface area contributed by atoms with E-state index in [-0.39, 0.29) is 22.7 Å². The van der Waals surface area contributed by atoms with Crippen molar-refractivity contribution in [3.05, 3.63) is 53.8 Å². The lowest BCUT2D eigenvalue weighted by Crippen LogP contribution is -2.06. The summed E-state index contributed by atoms with van der Waals surface area (Å²) in [7, 11) is 1.25. The van der Waals surface area contributed by atoms with E-state index in [1.807, 2.05) is 0 Å². The lowest BCUT2D eigenvalue weighted by molar-refractivity contribution is 0.0598. The van der Waals surface area contributed by atoms with Gasteiger partial charge < -0.3 is 15.2 Å². The van der Waals surface area contributed by atoms with Gasteiger partial charge in [-0.25, -0.2) is 9.18 Å². The van der Waals surface area contributed by atoms with E-state index in [9.17, 15) is 9.18 Å². The molecular formula is C14H12FNO3. The number of halogens is 1. The fraction of sp³-hybridized carbons (Fsp3) is 0.0714. The minimum absolute atomic E-state index is 0.00875. The minimum atomic E-state index is -0.598. The van der Waals surface area contributed by atoms with E-state index < -0.39 is 11.8 Å². The van der Waals surface area contributed by atoms with Crippen molar-refractivity contribution in [3.63, 3.8) is 0 Å². The summed E-state index contributed by atoms with van der Waals surface area (Å²) in [6.45, 7) is 0. The molecule has 0 fully saturated rings. The summed E-state index contributed by atoms with van der Waals surface area (Å²) in [4.78, 5) is 11.6. The van der Waals surface area contributed by atoms with Crippen molar-refractivity contribution in [3.8, 4) is 11.5 Å². The van der Waals surface area contributed by atoms with Crippen molar-refractivity contribution in [1.82, 2.24) is 0 Å². The van der Waals surface area contributed by atoms with E-state index in [1.165, 1.54) is 31.4 Å². The maximum atomic E-state index is 13.5. The summed E-state index contributed by atoms with van der Waals surface area (Å²) >= 11 is 0. The highest BCUT2D eigenvalue weighted by atomic mass is 19.1. The Hall–Kier alpha value is -2.56. The average Bonchev–Trinajstić information content (AvgIpc) is 2.42. The molecule has 0 aliphatic rings. The maximum absolute atomic E-state index is 13.5. The molecule has 0 saturated carbocycles. The fourth-order valence-electron chi connectivity index (χ4n) is 1.58. The Morgan fingerprint density at radius 1 is 1.16 bits per heavy atom. The number of carbonyl (C=O) groups is 1. The molecule has 98 valence electrons. The average molecular weight is 261 g/mol. The van der Waals surface area contributed by atoms with Crippen molar-refractivity contribution < 1.29 is 18.7 Å². The molecule has 5 heteroatoms. The van der Waals surface area contributed by atoms with Crippen LogP contribution < -0.4 is 10.5 Å². The van der Waals surface area contributed by atoms with Gasteiger partial charge in [0.1, 0.15) is 5.56 Å². The smallest absolute Gasteiger partial charge is 0.341 e. The molecule has 0 atom stereocenters. The molecule has 0 aromatic heterocycles. The SMILES string of the molecule is COC(=O)c1cccc(N)c1Oc1ccccc1F. The predicted octanol–water partition coefficient (Wildman–Crippen LogP) is 2.99. The third kappa shape index (κ3) is 2.65. The van der Waals surface area contributed by atoms with Crippen LogP contribution in [0.1, 0.15) is 10.4 Å². The number of rotatable bonds is 3. The molecule has 19 heavy (non-hydrogen) atoms. The fourth-order valence-corrected chi connectivity index (χ4v) is 1.58. The van der Waals surface area contributed by atoms with E-state index in [0.717, 1.165) is 0 Å². The summed E-state index contributed by atoms with van der Waals surface area (Å²) in [6, 6.07) is 10.5. The third-order valence-corrected chi connectivity index (χ3v) is 2.50. The lowest BCUT2D eigenvalue weighted by atomic mass is 10.1. The Morgan fingerprint density at radius 2 is 1.89 bits per heavy atom. The summed E-state index contributed by atoms with van der Waals surface area (Å²) in [5.74, 6) is -1.06. The molecule has 0 bridgehead atoms. The minimum Gasteiger partial charge on any atom is -0.465 e. The second kappa shape index (κ2) is 5.39. The van der Waals surface area contributed by atoms with Crippen LogP contribution in [0.4, 0.5) is 10.1 Å². The summed E-state index contributed by atoms with van der Waals surface area (Å²) < 4.78 is 23.6. The topological polar surface area (TPSA) is 61.5 Å². The molecule has 2 aromatic carbocycles. The van der Waals surface area contributed by atoms with Crippen LogP contribution in [0.2, 0.25) is 0 Å². The lowest BCUT2D eigenvalue weighted by Gasteiger charge is -2.12. The number of benzene rings is 2. The van der Waals surface area contributed by atoms with Crippen molar-refractivity contribution in [2.24, 2.45) is 0 Å². The summed E-state index contributed by atoms with van der Waals surface area (Å²) in [6.07, 6.45) is 0. The van der Waals surface area contributed by atoms with E-state index in [4.69, 9.17) is 10.5 Å². The first-order valence-corrected chi connectivity index (χ1v) is 5.52. The quantitative estimate of drug-likeness (QED) is 0.681. The normalized spacial score (nSPS) is 10.0. The molecule has 2 rings (SSSR count). The van der Waals surface area contributed by atoms with Gasteiger partial charge in [0.2, 0.25) is 0 Å². The van der Waals surface area contributed by atoms with Gasteiger partial charge in [-0.05, 0) is 24.3 Å². The molecule has 0 heterocycles. The molecule has 2 aromatic rings. The molecule has 2 N–H and O–H groups in total. The first kappa shape index (κ1) is 12.9. The molecule has 0 amide bonds. The van der Waals surface area contributed by atoms with Gasteiger partial charge in [-0.3, -0.25) is 0 Å². The van der Waals surface area contributed by atoms with Gasteiger partial charge in [-0.1, -0.05) is 18.2 Å². The van der Waals surface area contributed by atoms with E-state index >= 15 is 0 Å². The van der Waals surface area contributed by atoms with E-state index in [2.05, 4.69) is 4.74 Å². The van der Waals surface area contributed by atoms with Gasteiger partial charge in [-0.15, -0.1) is 0 Å². The zero-order valence-corrected chi connectivity index (χ0v) is 10.2. The second-order valence-corrected chi connectivity index (χ2v) is 3.75. The van der Waals surface area contributed by atoms with Crippen LogP contribution in [0, 0.1) is 5.82 Å². The Kier molecular flexibility index (Phi) is 3.66. The summed E-state index contributed by atoms with van der Waals surface area (Å²) in [5.41, 5.74) is 6.13. The molecule has 0 saturated heterocycles. The van der Waals surface area contributed by atoms with Crippen LogP contribution in [0.5, 0.6) is 11.5 Å². The van der Waals surface area contributed by atoms with Crippen molar-refractivity contribution in [2.75, 3.05) is 12.8 Å². The third-order valence-electron chi connectivity index (χ3n) is 2.50. The summed E-state index contributed by atoms with van der Waals surface area (Å²) in [5, 5.41) is 0. The molecule has 4 nitrogen and oxygen atoms in total. The van der Waals surface area contributed by atoms with Gasteiger partial charge in [-0.2, -0.15) is 0 Å². The molecule has 0 aliphatic heterocycles. The Balaban J connectivity index is 2.45. The van der Waals surface area contributed by atoms with Crippen molar-refractivity contribution in [1.29, 1.82) is 0 Å². The van der Waals surface area contributed by atoms with Crippen LogP contribution in [-0.4, -0.2) is 13.1 Å². The number of methoxy groups -OCH3 is 1. The van der Waals surface area contributed by atoms with E-state index in [0.29, 0.717) is 0 Å². The van der Waals surface area contributed by atoms with Crippen molar-refractivity contribution in [2.45, 2.75) is 0 Å². The van der Waals surface area contributed by atoms with Gasteiger partial charge in [0.15, 0.2) is 17.3 Å². The van der Waals surface area contributed by atoms with E-state index in [1.54, 1.807) is 18.2 Å². The number of esters is 1.